The van der Waals surface area contributed by atoms with Gasteiger partial charge in [-0.1, -0.05) is 18.2 Å². The van der Waals surface area contributed by atoms with Crippen molar-refractivity contribution in [2.24, 2.45) is 0 Å². The Labute approximate surface area is 110 Å². The molecule has 1 unspecified atom stereocenters. The molecular formula is C12H16N2O3S. The van der Waals surface area contributed by atoms with E-state index in [0.717, 1.165) is 0 Å². The molecule has 6 heteroatoms. The Hall–Kier alpha value is -1.69. The van der Waals surface area contributed by atoms with Gasteiger partial charge in [0.2, 0.25) is 0 Å². The van der Waals surface area contributed by atoms with Crippen LogP contribution in [0.2, 0.25) is 0 Å². The molecule has 0 aliphatic carbocycles. The van der Waals surface area contributed by atoms with E-state index >= 15 is 0 Å². The Balaban J connectivity index is 2.48. The first-order valence-electron chi connectivity index (χ1n) is 5.48. The lowest BCUT2D eigenvalue weighted by atomic mass is 10.2. The minimum absolute atomic E-state index is 0.401. The number of urea groups is 1. The predicted octanol–water partition coefficient (Wildman–Crippen LogP) is 2.01. The maximum absolute atomic E-state index is 11.6. The smallest absolute Gasteiger partial charge is 0.326 e. The van der Waals surface area contributed by atoms with Crippen LogP contribution in [-0.4, -0.2) is 35.2 Å². The van der Waals surface area contributed by atoms with Gasteiger partial charge in [-0.3, -0.25) is 0 Å². The van der Waals surface area contributed by atoms with Crippen LogP contribution in [0.3, 0.4) is 0 Å². The topological polar surface area (TPSA) is 78.4 Å². The number of rotatable bonds is 6. The van der Waals surface area contributed by atoms with Crippen molar-refractivity contribution in [2.75, 3.05) is 17.3 Å². The summed E-state index contributed by atoms with van der Waals surface area (Å²) in [7, 11) is 0. The fourth-order valence-electron chi connectivity index (χ4n) is 1.34. The second-order valence-electron chi connectivity index (χ2n) is 3.64. The van der Waals surface area contributed by atoms with E-state index < -0.39 is 18.0 Å². The lowest BCUT2D eigenvalue weighted by molar-refractivity contribution is -0.139. The maximum Gasteiger partial charge on any atom is 0.326 e. The number of aliphatic carboxylic acids is 1. The van der Waals surface area contributed by atoms with Gasteiger partial charge in [0.15, 0.2) is 0 Å². The number of hydrogen-bond donors (Lipinski definition) is 3. The lowest BCUT2D eigenvalue weighted by Crippen LogP contribution is -2.43. The molecule has 0 aliphatic heterocycles. The molecule has 0 bridgehead atoms. The largest absolute Gasteiger partial charge is 0.480 e. The summed E-state index contributed by atoms with van der Waals surface area (Å²) in [5.74, 6) is -0.338. The number of carbonyl (C=O) groups is 2. The SMILES string of the molecule is CSCCC(NC(=O)Nc1ccccc1)C(=O)O. The molecule has 2 amide bonds. The second-order valence-corrected chi connectivity index (χ2v) is 4.62. The average Bonchev–Trinajstić information content (AvgIpc) is 2.35. The molecule has 0 heterocycles. The molecule has 0 aliphatic rings. The molecule has 1 rings (SSSR count). The maximum atomic E-state index is 11.6. The van der Waals surface area contributed by atoms with E-state index in [1.54, 1.807) is 36.0 Å². The van der Waals surface area contributed by atoms with Crippen LogP contribution >= 0.6 is 11.8 Å². The van der Waals surface area contributed by atoms with Crippen molar-refractivity contribution >= 4 is 29.4 Å². The highest BCUT2D eigenvalue weighted by Crippen LogP contribution is 2.05. The van der Waals surface area contributed by atoms with Crippen molar-refractivity contribution < 1.29 is 14.7 Å². The number of amides is 2. The van der Waals surface area contributed by atoms with Crippen molar-refractivity contribution in [3.05, 3.63) is 30.3 Å². The monoisotopic (exact) mass is 268 g/mol. The van der Waals surface area contributed by atoms with Crippen molar-refractivity contribution in [3.8, 4) is 0 Å². The number of nitrogens with one attached hydrogen (secondary N) is 2. The van der Waals surface area contributed by atoms with Gasteiger partial charge in [-0.05, 0) is 30.6 Å². The number of benzene rings is 1. The molecule has 3 N–H and O–H groups in total. The van der Waals surface area contributed by atoms with Crippen LogP contribution in [0.15, 0.2) is 30.3 Å². The first-order valence-corrected chi connectivity index (χ1v) is 6.87. The summed E-state index contributed by atoms with van der Waals surface area (Å²) in [6.45, 7) is 0. The minimum atomic E-state index is -1.02. The Morgan fingerprint density at radius 1 is 1.33 bits per heavy atom. The molecule has 5 nitrogen and oxygen atoms in total. The van der Waals surface area contributed by atoms with Gasteiger partial charge in [0.1, 0.15) is 6.04 Å². The molecule has 18 heavy (non-hydrogen) atoms. The summed E-state index contributed by atoms with van der Waals surface area (Å²) in [4.78, 5) is 22.5. The molecule has 1 aromatic rings. The first-order chi connectivity index (χ1) is 8.63. The highest BCUT2D eigenvalue weighted by Gasteiger charge is 2.19. The molecule has 0 saturated carbocycles. The van der Waals surface area contributed by atoms with Gasteiger partial charge in [-0.25, -0.2) is 9.59 Å². The van der Waals surface area contributed by atoms with Crippen LogP contribution in [0.4, 0.5) is 10.5 Å². The molecule has 0 radical (unpaired) electrons. The number of carboxylic acids is 1. The van der Waals surface area contributed by atoms with E-state index in [2.05, 4.69) is 10.6 Å². The van der Waals surface area contributed by atoms with E-state index in [0.29, 0.717) is 17.9 Å². The zero-order valence-corrected chi connectivity index (χ0v) is 10.9. The van der Waals surface area contributed by atoms with Crippen molar-refractivity contribution in [3.63, 3.8) is 0 Å². The highest BCUT2D eigenvalue weighted by molar-refractivity contribution is 7.98. The molecule has 0 saturated heterocycles. The summed E-state index contributed by atoms with van der Waals surface area (Å²) < 4.78 is 0. The van der Waals surface area contributed by atoms with Gasteiger partial charge in [0.05, 0.1) is 0 Å². The average molecular weight is 268 g/mol. The quantitative estimate of drug-likeness (QED) is 0.737. The Morgan fingerprint density at radius 3 is 2.56 bits per heavy atom. The van der Waals surface area contributed by atoms with E-state index in [4.69, 9.17) is 5.11 Å². The van der Waals surface area contributed by atoms with E-state index in [1.165, 1.54) is 0 Å². The van der Waals surface area contributed by atoms with Crippen LogP contribution in [0.25, 0.3) is 0 Å². The van der Waals surface area contributed by atoms with Gasteiger partial charge in [-0.2, -0.15) is 11.8 Å². The normalized spacial score (nSPS) is 11.6. The lowest BCUT2D eigenvalue weighted by Gasteiger charge is -2.14. The first kappa shape index (κ1) is 14.4. The molecular weight excluding hydrogens is 252 g/mol. The van der Waals surface area contributed by atoms with Crippen LogP contribution in [0.1, 0.15) is 6.42 Å². The number of carboxylic acid groups (broad SMARTS) is 1. The summed E-state index contributed by atoms with van der Waals surface area (Å²) in [6, 6.07) is 7.52. The van der Waals surface area contributed by atoms with Gasteiger partial charge >= 0.3 is 12.0 Å². The van der Waals surface area contributed by atoms with Crippen LogP contribution < -0.4 is 10.6 Å². The summed E-state index contributed by atoms with van der Waals surface area (Å²) in [6.07, 6.45) is 2.29. The van der Waals surface area contributed by atoms with Gasteiger partial charge < -0.3 is 15.7 Å². The van der Waals surface area contributed by atoms with Gasteiger partial charge in [0, 0.05) is 5.69 Å². The number of anilines is 1. The summed E-state index contributed by atoms with van der Waals surface area (Å²) >= 11 is 1.54. The Bertz CT molecular complexity index is 398. The Morgan fingerprint density at radius 2 is 2.00 bits per heavy atom. The van der Waals surface area contributed by atoms with Gasteiger partial charge in [0.25, 0.3) is 0 Å². The molecule has 0 spiro atoms. The number of hydrogen-bond acceptors (Lipinski definition) is 3. The third-order valence-corrected chi connectivity index (χ3v) is 2.89. The van der Waals surface area contributed by atoms with E-state index in [9.17, 15) is 9.59 Å². The van der Waals surface area contributed by atoms with E-state index in [1.807, 2.05) is 12.3 Å². The summed E-state index contributed by atoms with van der Waals surface area (Å²) in [5, 5.41) is 14.0. The minimum Gasteiger partial charge on any atom is -0.480 e. The molecule has 1 atom stereocenters. The van der Waals surface area contributed by atoms with E-state index in [-0.39, 0.29) is 0 Å². The molecule has 98 valence electrons. The fraction of sp³-hybridized carbons (Fsp3) is 0.333. The van der Waals surface area contributed by atoms with Crippen molar-refractivity contribution in [1.82, 2.24) is 5.32 Å². The van der Waals surface area contributed by atoms with Gasteiger partial charge in [-0.15, -0.1) is 0 Å². The third-order valence-electron chi connectivity index (χ3n) is 2.25. The second kappa shape index (κ2) is 7.60. The zero-order valence-electron chi connectivity index (χ0n) is 10.1. The number of carbonyl (C=O) groups excluding carboxylic acids is 1. The number of para-hydroxylation sites is 1. The standard InChI is InChI=1S/C12H16N2O3S/c1-18-8-7-10(11(15)16)14-12(17)13-9-5-3-2-4-6-9/h2-6,10H,7-8H2,1H3,(H,15,16)(H2,13,14,17). The van der Waals surface area contributed by atoms with Crippen molar-refractivity contribution in [2.45, 2.75) is 12.5 Å². The molecule has 0 fully saturated rings. The Kier molecular flexibility index (Phi) is 6.07. The summed E-state index contributed by atoms with van der Waals surface area (Å²) in [5.41, 5.74) is 0.629. The fourth-order valence-corrected chi connectivity index (χ4v) is 1.81. The number of thioether (sulfide) groups is 1. The van der Waals surface area contributed by atoms with Crippen LogP contribution in [-0.2, 0) is 4.79 Å². The zero-order chi connectivity index (χ0) is 13.4. The third kappa shape index (κ3) is 5.09. The predicted molar refractivity (Wildman–Crippen MR) is 73.0 cm³/mol. The molecule has 0 aromatic heterocycles. The highest BCUT2D eigenvalue weighted by atomic mass is 32.2. The molecule has 1 aromatic carbocycles. The van der Waals surface area contributed by atoms with Crippen LogP contribution in [0, 0.1) is 0 Å². The van der Waals surface area contributed by atoms with Crippen LogP contribution in [0.5, 0.6) is 0 Å². The van der Waals surface area contributed by atoms with Crippen molar-refractivity contribution in [1.29, 1.82) is 0 Å².